The quantitative estimate of drug-likeness (QED) is 0.884. The van der Waals surface area contributed by atoms with Crippen LogP contribution in [-0.2, 0) is 6.54 Å². The van der Waals surface area contributed by atoms with Gasteiger partial charge in [0.1, 0.15) is 0 Å². The predicted octanol–water partition coefficient (Wildman–Crippen LogP) is 2.96. The summed E-state index contributed by atoms with van der Waals surface area (Å²) in [5.74, 6) is 0.0977. The van der Waals surface area contributed by atoms with E-state index in [0.717, 1.165) is 42.0 Å². The van der Waals surface area contributed by atoms with E-state index in [-0.39, 0.29) is 36.8 Å². The summed E-state index contributed by atoms with van der Waals surface area (Å²) >= 11 is 0. The summed E-state index contributed by atoms with van der Waals surface area (Å²) < 4.78 is 2.15. The number of pyridine rings is 1. The van der Waals surface area contributed by atoms with E-state index >= 15 is 0 Å². The molecule has 0 saturated carbocycles. The minimum Gasteiger partial charge on any atom is -0.342 e. The Morgan fingerprint density at radius 2 is 2.08 bits per heavy atom. The second-order valence-corrected chi connectivity index (χ2v) is 6.35. The first-order chi connectivity index (χ1) is 11.1. The first-order valence-electron chi connectivity index (χ1n) is 8.17. The van der Waals surface area contributed by atoms with Gasteiger partial charge in [0.05, 0.1) is 17.8 Å². The molecule has 1 unspecified atom stereocenters. The van der Waals surface area contributed by atoms with Gasteiger partial charge in [-0.15, -0.1) is 24.8 Å². The molecular weight excluding hydrogens is 359 g/mol. The minimum absolute atomic E-state index is 0. The number of likely N-dealkylation sites (tertiary alicyclic amines) is 1. The second-order valence-electron chi connectivity index (χ2n) is 6.35. The average molecular weight is 385 g/mol. The molecule has 1 aliphatic heterocycles. The summed E-state index contributed by atoms with van der Waals surface area (Å²) in [5, 5.41) is 0. The lowest BCUT2D eigenvalue weighted by Gasteiger charge is -2.30. The van der Waals surface area contributed by atoms with Crippen molar-refractivity contribution in [1.29, 1.82) is 0 Å². The van der Waals surface area contributed by atoms with Crippen LogP contribution >= 0.6 is 24.8 Å². The Kier molecular flexibility index (Phi) is 7.93. The molecule has 1 amide bonds. The number of nitrogens with two attached hydrogens (primary N) is 1. The predicted molar refractivity (Wildman–Crippen MR) is 105 cm³/mol. The molecule has 0 radical (unpaired) electrons. The molecule has 2 aromatic heterocycles. The molecule has 7 heteroatoms. The van der Waals surface area contributed by atoms with Crippen LogP contribution in [0.25, 0.3) is 0 Å². The van der Waals surface area contributed by atoms with Crippen LogP contribution in [0, 0.1) is 13.8 Å². The largest absolute Gasteiger partial charge is 0.342 e. The Morgan fingerprint density at radius 3 is 2.72 bits per heavy atom. The molecule has 0 spiro atoms. The maximum Gasteiger partial charge on any atom is 0.255 e. The van der Waals surface area contributed by atoms with Crippen LogP contribution in [0.2, 0.25) is 0 Å². The third kappa shape index (κ3) is 4.75. The fraction of sp³-hybridized carbons (Fsp3) is 0.444. The van der Waals surface area contributed by atoms with Gasteiger partial charge in [-0.2, -0.15) is 0 Å². The highest BCUT2D eigenvalue weighted by atomic mass is 35.5. The number of amides is 1. The van der Waals surface area contributed by atoms with Gasteiger partial charge >= 0.3 is 0 Å². The van der Waals surface area contributed by atoms with Crippen molar-refractivity contribution in [1.82, 2.24) is 14.5 Å². The molecule has 1 saturated heterocycles. The SMILES string of the molecule is Cc1cc(C(=O)N2CCCC(N)C2)c(C)n1Cc1ccccn1.Cl.Cl. The molecule has 0 aromatic carbocycles. The first kappa shape index (κ1) is 21.5. The van der Waals surface area contributed by atoms with E-state index in [9.17, 15) is 4.79 Å². The van der Waals surface area contributed by atoms with E-state index < -0.39 is 0 Å². The van der Waals surface area contributed by atoms with Crippen LogP contribution in [0.15, 0.2) is 30.5 Å². The van der Waals surface area contributed by atoms with Gasteiger partial charge in [-0.1, -0.05) is 6.07 Å². The van der Waals surface area contributed by atoms with Crippen molar-refractivity contribution in [3.05, 3.63) is 53.1 Å². The number of rotatable bonds is 3. The summed E-state index contributed by atoms with van der Waals surface area (Å²) in [4.78, 5) is 19.1. The van der Waals surface area contributed by atoms with Crippen LogP contribution in [0.1, 0.15) is 40.3 Å². The maximum absolute atomic E-state index is 12.8. The van der Waals surface area contributed by atoms with Crippen LogP contribution in [0.4, 0.5) is 0 Å². The van der Waals surface area contributed by atoms with Gasteiger partial charge in [0.15, 0.2) is 0 Å². The number of hydrogen-bond donors (Lipinski definition) is 1. The van der Waals surface area contributed by atoms with Crippen molar-refractivity contribution in [2.24, 2.45) is 5.73 Å². The molecular formula is C18H26Cl2N4O. The van der Waals surface area contributed by atoms with Gasteiger partial charge in [0.2, 0.25) is 0 Å². The van der Waals surface area contributed by atoms with Crippen molar-refractivity contribution in [2.45, 2.75) is 39.3 Å². The smallest absolute Gasteiger partial charge is 0.255 e. The summed E-state index contributed by atoms with van der Waals surface area (Å²) in [6.45, 7) is 6.19. The number of hydrogen-bond acceptors (Lipinski definition) is 3. The number of carbonyl (C=O) groups excluding carboxylic acids is 1. The Hall–Kier alpha value is -1.56. The molecule has 25 heavy (non-hydrogen) atoms. The van der Waals surface area contributed by atoms with Crippen molar-refractivity contribution in [3.63, 3.8) is 0 Å². The zero-order valence-corrected chi connectivity index (χ0v) is 16.3. The number of halogens is 2. The highest BCUT2D eigenvalue weighted by molar-refractivity contribution is 5.95. The number of carbonyl (C=O) groups is 1. The van der Waals surface area contributed by atoms with Crippen molar-refractivity contribution >= 4 is 30.7 Å². The summed E-state index contributed by atoms with van der Waals surface area (Å²) in [6, 6.07) is 7.99. The number of piperidine rings is 1. The molecule has 1 fully saturated rings. The van der Waals surface area contributed by atoms with E-state index in [4.69, 9.17) is 5.73 Å². The van der Waals surface area contributed by atoms with E-state index in [1.807, 2.05) is 43.0 Å². The van der Waals surface area contributed by atoms with Crippen LogP contribution in [0.5, 0.6) is 0 Å². The lowest BCUT2D eigenvalue weighted by atomic mass is 10.1. The third-order valence-corrected chi connectivity index (χ3v) is 4.60. The van der Waals surface area contributed by atoms with Crippen LogP contribution in [0.3, 0.4) is 0 Å². The fourth-order valence-corrected chi connectivity index (χ4v) is 3.28. The Morgan fingerprint density at radius 1 is 1.32 bits per heavy atom. The standard InChI is InChI=1S/C18H24N4O.2ClH/c1-13-10-17(18(23)21-9-5-6-15(19)11-21)14(2)22(13)12-16-7-3-4-8-20-16;;/h3-4,7-8,10,15H,5-6,9,11-12,19H2,1-2H3;2*1H. The zero-order chi connectivity index (χ0) is 16.4. The van der Waals surface area contributed by atoms with Gasteiger partial charge in [-0.05, 0) is 44.9 Å². The third-order valence-electron chi connectivity index (χ3n) is 4.60. The maximum atomic E-state index is 12.8. The van der Waals surface area contributed by atoms with Crippen LogP contribution < -0.4 is 5.73 Å². The normalized spacial score (nSPS) is 16.8. The van der Waals surface area contributed by atoms with Gasteiger partial charge in [0.25, 0.3) is 5.91 Å². The Balaban J connectivity index is 0.00000156. The summed E-state index contributed by atoms with van der Waals surface area (Å²) in [6.07, 6.45) is 3.78. The fourth-order valence-electron chi connectivity index (χ4n) is 3.28. The molecule has 0 aliphatic carbocycles. The molecule has 3 rings (SSSR count). The minimum atomic E-state index is 0. The van der Waals surface area contributed by atoms with E-state index in [0.29, 0.717) is 13.1 Å². The number of nitrogens with zero attached hydrogens (tertiary/aromatic N) is 3. The Bertz CT molecular complexity index is 703. The van der Waals surface area contributed by atoms with Gasteiger partial charge in [-0.3, -0.25) is 9.78 Å². The monoisotopic (exact) mass is 384 g/mol. The summed E-state index contributed by atoms with van der Waals surface area (Å²) in [5.41, 5.74) is 9.87. The van der Waals surface area contributed by atoms with Gasteiger partial charge in [0, 0.05) is 36.7 Å². The molecule has 2 N–H and O–H groups in total. The average Bonchev–Trinajstić information content (AvgIpc) is 2.83. The Labute approximate surface area is 161 Å². The highest BCUT2D eigenvalue weighted by Gasteiger charge is 2.25. The molecule has 1 aliphatic rings. The summed E-state index contributed by atoms with van der Waals surface area (Å²) in [7, 11) is 0. The molecule has 0 bridgehead atoms. The first-order valence-corrected chi connectivity index (χ1v) is 8.17. The topological polar surface area (TPSA) is 64.2 Å². The van der Waals surface area contributed by atoms with Crippen molar-refractivity contribution in [3.8, 4) is 0 Å². The van der Waals surface area contributed by atoms with Crippen molar-refractivity contribution < 1.29 is 4.79 Å². The van der Waals surface area contributed by atoms with Crippen LogP contribution in [-0.4, -0.2) is 39.5 Å². The highest BCUT2D eigenvalue weighted by Crippen LogP contribution is 2.20. The zero-order valence-electron chi connectivity index (χ0n) is 14.6. The van der Waals surface area contributed by atoms with E-state index in [1.54, 1.807) is 6.20 Å². The lowest BCUT2D eigenvalue weighted by molar-refractivity contribution is 0.0708. The van der Waals surface area contributed by atoms with Crippen molar-refractivity contribution in [2.75, 3.05) is 13.1 Å². The van der Waals surface area contributed by atoms with E-state index in [1.165, 1.54) is 0 Å². The molecule has 138 valence electrons. The molecule has 1 atom stereocenters. The molecule has 2 aromatic rings. The molecule has 3 heterocycles. The molecule has 5 nitrogen and oxygen atoms in total. The number of aromatic nitrogens is 2. The number of aryl methyl sites for hydroxylation is 1. The lowest BCUT2D eigenvalue weighted by Crippen LogP contribution is -2.45. The van der Waals surface area contributed by atoms with E-state index in [2.05, 4.69) is 9.55 Å². The van der Waals surface area contributed by atoms with Gasteiger partial charge in [-0.25, -0.2) is 0 Å². The van der Waals surface area contributed by atoms with Gasteiger partial charge < -0.3 is 15.2 Å². The second kappa shape index (κ2) is 9.22.